The summed E-state index contributed by atoms with van der Waals surface area (Å²) in [7, 11) is 0. The predicted molar refractivity (Wildman–Crippen MR) is 97.4 cm³/mol. The van der Waals surface area contributed by atoms with E-state index in [2.05, 4.69) is 9.97 Å². The highest BCUT2D eigenvalue weighted by Crippen LogP contribution is 2.17. The number of piperazine rings is 1. The van der Waals surface area contributed by atoms with Gasteiger partial charge in [-0.05, 0) is 30.5 Å². The van der Waals surface area contributed by atoms with Gasteiger partial charge in [-0.15, -0.1) is 0 Å². The van der Waals surface area contributed by atoms with E-state index in [0.29, 0.717) is 42.9 Å². The number of carbonyl (C=O) groups excluding carboxylic acids is 1. The number of fused-ring (bicyclic) bond motifs is 1. The zero-order valence-corrected chi connectivity index (χ0v) is 14.4. The maximum Gasteiger partial charge on any atom is 0.344 e. The van der Waals surface area contributed by atoms with E-state index in [9.17, 15) is 9.59 Å². The van der Waals surface area contributed by atoms with Crippen LogP contribution in [0, 0.1) is 6.92 Å². The van der Waals surface area contributed by atoms with Crippen LogP contribution in [0.1, 0.15) is 16.1 Å². The maximum absolute atomic E-state index is 12.7. The molecule has 0 N–H and O–H groups in total. The molecule has 7 nitrogen and oxygen atoms in total. The number of hydrogen-bond donors (Lipinski definition) is 0. The van der Waals surface area contributed by atoms with Gasteiger partial charge < -0.3 is 14.2 Å². The van der Waals surface area contributed by atoms with E-state index >= 15 is 0 Å². The Labute approximate surface area is 149 Å². The van der Waals surface area contributed by atoms with Crippen molar-refractivity contribution >= 4 is 22.6 Å². The molecule has 0 unspecified atom stereocenters. The van der Waals surface area contributed by atoms with Crippen molar-refractivity contribution in [2.75, 3.05) is 31.1 Å². The normalized spacial score (nSPS) is 14.7. The minimum absolute atomic E-state index is 0.0794. The standard InChI is InChI=1S/C19H18N4O3/c1-13-3-4-14-12-16(26-18(25)15(14)11-13)17(24)22-7-9-23(10-8-22)19-20-5-2-6-21-19/h2-6,11-12H,7-10H2,1H3. The number of rotatable bonds is 2. The first-order valence-electron chi connectivity index (χ1n) is 8.47. The number of carbonyl (C=O) groups is 1. The van der Waals surface area contributed by atoms with Gasteiger partial charge in [0, 0.05) is 38.6 Å². The molecule has 1 amide bonds. The average molecular weight is 350 g/mol. The molecular weight excluding hydrogens is 332 g/mol. The minimum atomic E-state index is -0.481. The summed E-state index contributed by atoms with van der Waals surface area (Å²) in [6.07, 6.45) is 3.40. The Morgan fingerprint density at radius 2 is 1.81 bits per heavy atom. The van der Waals surface area contributed by atoms with E-state index in [4.69, 9.17) is 4.42 Å². The third-order valence-electron chi connectivity index (χ3n) is 4.53. The van der Waals surface area contributed by atoms with Gasteiger partial charge >= 0.3 is 5.63 Å². The van der Waals surface area contributed by atoms with Gasteiger partial charge in [-0.3, -0.25) is 4.79 Å². The first-order valence-corrected chi connectivity index (χ1v) is 8.47. The molecule has 2 aromatic heterocycles. The van der Waals surface area contributed by atoms with Crippen molar-refractivity contribution in [3.8, 4) is 0 Å². The first kappa shape index (κ1) is 16.3. The van der Waals surface area contributed by atoms with Crippen molar-refractivity contribution in [3.63, 3.8) is 0 Å². The topological polar surface area (TPSA) is 79.5 Å². The van der Waals surface area contributed by atoms with Crippen LogP contribution in [-0.2, 0) is 0 Å². The van der Waals surface area contributed by atoms with E-state index < -0.39 is 5.63 Å². The molecule has 0 spiro atoms. The quantitative estimate of drug-likeness (QED) is 0.702. The third-order valence-corrected chi connectivity index (χ3v) is 4.53. The zero-order chi connectivity index (χ0) is 18.1. The second-order valence-electron chi connectivity index (χ2n) is 6.32. The molecule has 1 aliphatic rings. The average Bonchev–Trinajstić information content (AvgIpc) is 2.68. The van der Waals surface area contributed by atoms with Crippen LogP contribution in [0.3, 0.4) is 0 Å². The molecule has 1 aromatic carbocycles. The number of aromatic nitrogens is 2. The lowest BCUT2D eigenvalue weighted by Crippen LogP contribution is -2.49. The van der Waals surface area contributed by atoms with Gasteiger partial charge in [0.25, 0.3) is 5.91 Å². The molecule has 26 heavy (non-hydrogen) atoms. The van der Waals surface area contributed by atoms with Gasteiger partial charge in [0.2, 0.25) is 5.95 Å². The molecule has 0 saturated carbocycles. The number of anilines is 1. The monoisotopic (exact) mass is 350 g/mol. The number of benzene rings is 1. The SMILES string of the molecule is Cc1ccc2cc(C(=O)N3CCN(c4ncccn4)CC3)oc(=O)c2c1. The van der Waals surface area contributed by atoms with Crippen LogP contribution >= 0.6 is 0 Å². The maximum atomic E-state index is 12.7. The summed E-state index contributed by atoms with van der Waals surface area (Å²) < 4.78 is 5.29. The van der Waals surface area contributed by atoms with Crippen molar-refractivity contribution < 1.29 is 9.21 Å². The van der Waals surface area contributed by atoms with E-state index in [-0.39, 0.29) is 11.7 Å². The van der Waals surface area contributed by atoms with Crippen molar-refractivity contribution in [1.82, 2.24) is 14.9 Å². The van der Waals surface area contributed by atoms with Crippen LogP contribution in [0.2, 0.25) is 0 Å². The molecule has 0 radical (unpaired) electrons. The number of amides is 1. The van der Waals surface area contributed by atoms with Gasteiger partial charge in [0.15, 0.2) is 5.76 Å². The van der Waals surface area contributed by atoms with E-state index in [1.807, 2.05) is 24.0 Å². The first-order chi connectivity index (χ1) is 12.6. The van der Waals surface area contributed by atoms with Crippen LogP contribution in [0.15, 0.2) is 51.9 Å². The molecule has 0 bridgehead atoms. The Balaban J connectivity index is 1.53. The summed E-state index contributed by atoms with van der Waals surface area (Å²) in [6, 6.07) is 8.93. The van der Waals surface area contributed by atoms with Crippen molar-refractivity contribution in [2.45, 2.75) is 6.92 Å². The molecular formula is C19H18N4O3. The Morgan fingerprint density at radius 3 is 2.54 bits per heavy atom. The second-order valence-corrected chi connectivity index (χ2v) is 6.32. The van der Waals surface area contributed by atoms with Crippen LogP contribution in [0.25, 0.3) is 10.8 Å². The van der Waals surface area contributed by atoms with Crippen LogP contribution in [0.5, 0.6) is 0 Å². The summed E-state index contributed by atoms with van der Waals surface area (Å²) >= 11 is 0. The molecule has 1 fully saturated rings. The smallest absolute Gasteiger partial charge is 0.344 e. The Hall–Kier alpha value is -3.22. The highest BCUT2D eigenvalue weighted by molar-refractivity contribution is 5.95. The summed E-state index contributed by atoms with van der Waals surface area (Å²) in [4.78, 5) is 37.2. The van der Waals surface area contributed by atoms with E-state index in [1.54, 1.807) is 35.5 Å². The second kappa shape index (κ2) is 6.59. The Kier molecular flexibility index (Phi) is 4.12. The molecule has 3 heterocycles. The minimum Gasteiger partial charge on any atom is -0.417 e. The van der Waals surface area contributed by atoms with Crippen LogP contribution in [-0.4, -0.2) is 47.0 Å². The lowest BCUT2D eigenvalue weighted by atomic mass is 10.1. The van der Waals surface area contributed by atoms with Gasteiger partial charge in [-0.2, -0.15) is 0 Å². The highest BCUT2D eigenvalue weighted by Gasteiger charge is 2.25. The molecule has 0 aliphatic carbocycles. The highest BCUT2D eigenvalue weighted by atomic mass is 16.4. The van der Waals surface area contributed by atoms with Crippen LogP contribution < -0.4 is 10.5 Å². The largest absolute Gasteiger partial charge is 0.417 e. The summed E-state index contributed by atoms with van der Waals surface area (Å²) in [5.74, 6) is 0.473. The molecule has 3 aromatic rings. The van der Waals surface area contributed by atoms with E-state index in [1.165, 1.54) is 0 Å². The number of aryl methyl sites for hydroxylation is 1. The van der Waals surface area contributed by atoms with Crippen molar-refractivity contribution in [2.24, 2.45) is 0 Å². The van der Waals surface area contributed by atoms with Crippen LogP contribution in [0.4, 0.5) is 5.95 Å². The third kappa shape index (κ3) is 3.03. The van der Waals surface area contributed by atoms with Crippen molar-refractivity contribution in [3.05, 3.63) is 64.5 Å². The van der Waals surface area contributed by atoms with Crippen molar-refractivity contribution in [1.29, 1.82) is 0 Å². The summed E-state index contributed by atoms with van der Waals surface area (Å²) in [6.45, 7) is 4.22. The summed E-state index contributed by atoms with van der Waals surface area (Å²) in [5, 5.41) is 1.21. The summed E-state index contributed by atoms with van der Waals surface area (Å²) in [5.41, 5.74) is 0.494. The van der Waals surface area contributed by atoms with Gasteiger partial charge in [0.05, 0.1) is 5.39 Å². The zero-order valence-electron chi connectivity index (χ0n) is 14.4. The number of hydrogen-bond acceptors (Lipinski definition) is 6. The van der Waals surface area contributed by atoms with E-state index in [0.717, 1.165) is 5.56 Å². The molecule has 1 aliphatic heterocycles. The fraction of sp³-hybridized carbons (Fsp3) is 0.263. The van der Waals surface area contributed by atoms with Gasteiger partial charge in [0.1, 0.15) is 0 Å². The lowest BCUT2D eigenvalue weighted by molar-refractivity contribution is 0.0710. The molecule has 132 valence electrons. The predicted octanol–water partition coefficient (Wildman–Crippen LogP) is 1.85. The lowest BCUT2D eigenvalue weighted by Gasteiger charge is -2.34. The van der Waals surface area contributed by atoms with Gasteiger partial charge in [-0.25, -0.2) is 14.8 Å². The number of nitrogens with zero attached hydrogens (tertiary/aromatic N) is 4. The fourth-order valence-electron chi connectivity index (χ4n) is 3.12. The Bertz CT molecular complexity index is 1010. The molecule has 1 saturated heterocycles. The molecule has 0 atom stereocenters. The molecule has 4 rings (SSSR count). The fourth-order valence-corrected chi connectivity index (χ4v) is 3.12. The molecule has 7 heteroatoms. The Morgan fingerprint density at radius 1 is 1.08 bits per heavy atom. The van der Waals surface area contributed by atoms with Gasteiger partial charge in [-0.1, -0.05) is 17.7 Å².